The van der Waals surface area contributed by atoms with E-state index in [1.54, 1.807) is 0 Å². The molecule has 1 aromatic heterocycles. The van der Waals surface area contributed by atoms with Gasteiger partial charge in [0.25, 0.3) is 0 Å². The smallest absolute Gasteiger partial charge is 0.226 e. The van der Waals surface area contributed by atoms with Crippen molar-refractivity contribution in [2.75, 3.05) is 39.3 Å². The molecule has 0 aliphatic carbocycles. The molecule has 1 atom stereocenters. The molecular weight excluding hydrogens is 336 g/mol. The van der Waals surface area contributed by atoms with E-state index in [-0.39, 0.29) is 5.92 Å². The van der Waals surface area contributed by atoms with E-state index in [0.717, 1.165) is 45.7 Å². The highest BCUT2D eigenvalue weighted by atomic mass is 16.2. The molecule has 4 rings (SSSR count). The maximum Gasteiger partial charge on any atom is 0.226 e. The van der Waals surface area contributed by atoms with Crippen LogP contribution >= 0.6 is 0 Å². The van der Waals surface area contributed by atoms with Crippen molar-refractivity contribution in [2.45, 2.75) is 57.5 Å². The van der Waals surface area contributed by atoms with Gasteiger partial charge in [-0.3, -0.25) is 19.6 Å². The maximum atomic E-state index is 12.9. The van der Waals surface area contributed by atoms with Crippen LogP contribution in [-0.4, -0.2) is 70.9 Å². The Balaban J connectivity index is 1.26. The summed E-state index contributed by atoms with van der Waals surface area (Å²) >= 11 is 0. The van der Waals surface area contributed by atoms with Gasteiger partial charge in [-0.1, -0.05) is 6.07 Å². The molecule has 0 unspecified atom stereocenters. The summed E-state index contributed by atoms with van der Waals surface area (Å²) in [6.45, 7) is 7.46. The lowest BCUT2D eigenvalue weighted by Gasteiger charge is -2.43. The van der Waals surface area contributed by atoms with Gasteiger partial charge in [-0.15, -0.1) is 0 Å². The molecular formula is C22H34N4O. The number of rotatable bonds is 4. The Morgan fingerprint density at radius 3 is 2.56 bits per heavy atom. The van der Waals surface area contributed by atoms with Crippen LogP contribution in [0, 0.1) is 5.92 Å². The van der Waals surface area contributed by atoms with Crippen molar-refractivity contribution in [3.8, 4) is 0 Å². The number of amides is 1. The monoisotopic (exact) mass is 370 g/mol. The standard InChI is InChI=1S/C22H34N4O/c27-22(25-11-2-1-3-12-25)20-7-5-13-26(18-20)21-8-14-24(15-9-21)17-19-6-4-10-23-16-19/h4,6,10,16,20-21H,1-3,5,7-9,11-15,17-18H2/t20-/m1/s1. The molecule has 0 bridgehead atoms. The van der Waals surface area contributed by atoms with Crippen molar-refractivity contribution in [3.63, 3.8) is 0 Å². The number of aromatic nitrogens is 1. The number of nitrogens with zero attached hydrogens (tertiary/aromatic N) is 4. The third kappa shape index (κ3) is 4.88. The van der Waals surface area contributed by atoms with Crippen LogP contribution in [0.5, 0.6) is 0 Å². The Bertz CT molecular complexity index is 594. The van der Waals surface area contributed by atoms with Crippen LogP contribution in [0.15, 0.2) is 24.5 Å². The van der Waals surface area contributed by atoms with Crippen molar-refractivity contribution in [1.29, 1.82) is 0 Å². The summed E-state index contributed by atoms with van der Waals surface area (Å²) in [6.07, 6.45) is 12.2. The second kappa shape index (κ2) is 9.16. The first-order valence-electron chi connectivity index (χ1n) is 10.9. The molecule has 5 heteroatoms. The van der Waals surface area contributed by atoms with Gasteiger partial charge in [0.2, 0.25) is 5.91 Å². The minimum Gasteiger partial charge on any atom is -0.342 e. The minimum atomic E-state index is 0.241. The van der Waals surface area contributed by atoms with Gasteiger partial charge >= 0.3 is 0 Å². The molecule has 27 heavy (non-hydrogen) atoms. The summed E-state index contributed by atoms with van der Waals surface area (Å²) < 4.78 is 0. The van der Waals surface area contributed by atoms with Crippen LogP contribution in [0.4, 0.5) is 0 Å². The largest absolute Gasteiger partial charge is 0.342 e. The molecule has 4 heterocycles. The predicted octanol–water partition coefficient (Wildman–Crippen LogP) is 2.77. The van der Waals surface area contributed by atoms with E-state index in [1.807, 2.05) is 18.5 Å². The third-order valence-corrected chi connectivity index (χ3v) is 6.67. The number of carbonyl (C=O) groups excluding carboxylic acids is 1. The number of piperidine rings is 3. The van der Waals surface area contributed by atoms with E-state index in [0.29, 0.717) is 11.9 Å². The van der Waals surface area contributed by atoms with Gasteiger partial charge in [0.15, 0.2) is 0 Å². The average molecular weight is 371 g/mol. The molecule has 3 saturated heterocycles. The number of hydrogen-bond acceptors (Lipinski definition) is 4. The van der Waals surface area contributed by atoms with Crippen molar-refractivity contribution in [3.05, 3.63) is 30.1 Å². The van der Waals surface area contributed by atoms with E-state index < -0.39 is 0 Å². The Labute approximate surface area is 163 Å². The molecule has 148 valence electrons. The first kappa shape index (κ1) is 18.9. The summed E-state index contributed by atoms with van der Waals surface area (Å²) in [4.78, 5) is 24.5. The van der Waals surface area contributed by atoms with Crippen molar-refractivity contribution >= 4 is 5.91 Å². The summed E-state index contributed by atoms with van der Waals surface area (Å²) in [5, 5.41) is 0. The maximum absolute atomic E-state index is 12.9. The van der Waals surface area contributed by atoms with E-state index >= 15 is 0 Å². The second-order valence-electron chi connectivity index (χ2n) is 8.59. The highest BCUT2D eigenvalue weighted by Crippen LogP contribution is 2.26. The molecule has 1 amide bonds. The normalized spacial score (nSPS) is 26.2. The quantitative estimate of drug-likeness (QED) is 0.817. The molecule has 1 aromatic rings. The van der Waals surface area contributed by atoms with Crippen LogP contribution in [0.2, 0.25) is 0 Å². The molecule has 3 aliphatic heterocycles. The zero-order valence-corrected chi connectivity index (χ0v) is 16.6. The van der Waals surface area contributed by atoms with Crippen LogP contribution < -0.4 is 0 Å². The Kier molecular flexibility index (Phi) is 6.40. The van der Waals surface area contributed by atoms with Crippen molar-refractivity contribution in [2.24, 2.45) is 5.92 Å². The van der Waals surface area contributed by atoms with E-state index in [1.165, 1.54) is 50.6 Å². The fourth-order valence-electron chi connectivity index (χ4n) is 5.10. The van der Waals surface area contributed by atoms with Crippen molar-refractivity contribution in [1.82, 2.24) is 19.7 Å². The summed E-state index contributed by atoms with van der Waals surface area (Å²) in [6, 6.07) is 4.85. The Morgan fingerprint density at radius 2 is 1.81 bits per heavy atom. The fraction of sp³-hybridized carbons (Fsp3) is 0.727. The average Bonchev–Trinajstić information content (AvgIpc) is 2.75. The second-order valence-corrected chi connectivity index (χ2v) is 8.59. The lowest BCUT2D eigenvalue weighted by Crippen LogP contribution is -2.51. The zero-order valence-electron chi connectivity index (χ0n) is 16.6. The Hall–Kier alpha value is -1.46. The van der Waals surface area contributed by atoms with E-state index in [9.17, 15) is 4.79 Å². The molecule has 0 N–H and O–H groups in total. The van der Waals surface area contributed by atoms with E-state index in [4.69, 9.17) is 0 Å². The number of hydrogen-bond donors (Lipinski definition) is 0. The molecule has 0 spiro atoms. The van der Waals surface area contributed by atoms with Crippen LogP contribution in [-0.2, 0) is 11.3 Å². The molecule has 5 nitrogen and oxygen atoms in total. The number of carbonyl (C=O) groups is 1. The van der Waals surface area contributed by atoms with Gasteiger partial charge in [-0.05, 0) is 76.2 Å². The van der Waals surface area contributed by atoms with Gasteiger partial charge in [0.05, 0.1) is 5.92 Å². The summed E-state index contributed by atoms with van der Waals surface area (Å²) in [7, 11) is 0. The predicted molar refractivity (Wildman–Crippen MR) is 107 cm³/mol. The van der Waals surface area contributed by atoms with Gasteiger partial charge in [0, 0.05) is 44.6 Å². The molecule has 3 fully saturated rings. The minimum absolute atomic E-state index is 0.241. The van der Waals surface area contributed by atoms with E-state index in [2.05, 4.69) is 25.8 Å². The van der Waals surface area contributed by atoms with Crippen LogP contribution in [0.3, 0.4) is 0 Å². The highest BCUT2D eigenvalue weighted by molar-refractivity contribution is 5.79. The lowest BCUT2D eigenvalue weighted by molar-refractivity contribution is -0.138. The first-order chi connectivity index (χ1) is 13.3. The lowest BCUT2D eigenvalue weighted by atomic mass is 9.92. The fourth-order valence-corrected chi connectivity index (χ4v) is 5.10. The van der Waals surface area contributed by atoms with Gasteiger partial charge in [0.1, 0.15) is 0 Å². The number of pyridine rings is 1. The SMILES string of the molecule is O=C([C@@H]1CCCN(C2CCN(Cc3cccnc3)CC2)C1)N1CCCCC1. The summed E-state index contributed by atoms with van der Waals surface area (Å²) in [5.74, 6) is 0.679. The topological polar surface area (TPSA) is 39.7 Å². The van der Waals surface area contributed by atoms with Crippen LogP contribution in [0.25, 0.3) is 0 Å². The first-order valence-corrected chi connectivity index (χ1v) is 10.9. The Morgan fingerprint density at radius 1 is 1.00 bits per heavy atom. The summed E-state index contributed by atoms with van der Waals surface area (Å²) in [5.41, 5.74) is 1.31. The van der Waals surface area contributed by atoms with Gasteiger partial charge < -0.3 is 4.90 Å². The van der Waals surface area contributed by atoms with Gasteiger partial charge in [-0.25, -0.2) is 0 Å². The van der Waals surface area contributed by atoms with Crippen LogP contribution in [0.1, 0.15) is 50.5 Å². The third-order valence-electron chi connectivity index (χ3n) is 6.67. The molecule has 3 aliphatic rings. The van der Waals surface area contributed by atoms with Gasteiger partial charge in [-0.2, -0.15) is 0 Å². The molecule has 0 aromatic carbocycles. The molecule has 0 radical (unpaired) electrons. The highest BCUT2D eigenvalue weighted by Gasteiger charge is 2.33. The zero-order chi connectivity index (χ0) is 18.5. The molecule has 0 saturated carbocycles. The van der Waals surface area contributed by atoms with Crippen molar-refractivity contribution < 1.29 is 4.79 Å². The number of likely N-dealkylation sites (tertiary alicyclic amines) is 3.